The first-order valence-corrected chi connectivity index (χ1v) is 10.0. The van der Waals surface area contributed by atoms with Crippen molar-refractivity contribution >= 4 is 22.6 Å². The molecule has 1 nitrogen and oxygen atoms in total. The van der Waals surface area contributed by atoms with Gasteiger partial charge in [-0.1, -0.05) is 72.8 Å². The largest absolute Gasteiger partial charge is 0.495 e. The van der Waals surface area contributed by atoms with E-state index >= 15 is 0 Å². The second kappa shape index (κ2) is 8.15. The Hall–Kier alpha value is -2.66. The number of rotatable bonds is 4. The molecule has 0 N–H and O–H groups in total. The van der Waals surface area contributed by atoms with Crippen molar-refractivity contribution in [2.75, 3.05) is 7.11 Å². The van der Waals surface area contributed by atoms with Gasteiger partial charge in [-0.25, -0.2) is 4.39 Å². The zero-order valence-corrected chi connectivity index (χ0v) is 17.5. The Bertz CT molecular complexity index is 1100. The molecule has 0 aliphatic carbocycles. The molecule has 138 valence electrons. The lowest BCUT2D eigenvalue weighted by molar-refractivity contribution is 0.417. The summed E-state index contributed by atoms with van der Waals surface area (Å²) in [4.78, 5) is 0. The number of halogens is 2. The average Bonchev–Trinajstić information content (AvgIpc) is 2.74. The zero-order valence-electron chi connectivity index (χ0n) is 15.3. The van der Waals surface area contributed by atoms with Crippen LogP contribution in [0.15, 0.2) is 91.0 Å². The molecule has 0 aliphatic heterocycles. The van der Waals surface area contributed by atoms with Crippen LogP contribution in [0.4, 0.5) is 4.39 Å². The first-order valence-electron chi connectivity index (χ1n) is 8.96. The van der Waals surface area contributed by atoms with E-state index in [1.54, 1.807) is 13.2 Å². The van der Waals surface area contributed by atoms with Gasteiger partial charge in [0.15, 0.2) is 0 Å². The predicted molar refractivity (Wildman–Crippen MR) is 122 cm³/mol. The van der Waals surface area contributed by atoms with Crippen molar-refractivity contribution in [3.63, 3.8) is 0 Å². The molecule has 0 amide bonds. The maximum Gasteiger partial charge on any atom is 0.134 e. The highest BCUT2D eigenvalue weighted by Gasteiger charge is 2.17. The van der Waals surface area contributed by atoms with Crippen LogP contribution in [0.25, 0.3) is 33.4 Å². The van der Waals surface area contributed by atoms with Crippen molar-refractivity contribution < 1.29 is 9.13 Å². The molecule has 0 aliphatic rings. The molecule has 0 spiro atoms. The van der Waals surface area contributed by atoms with E-state index in [0.717, 1.165) is 31.4 Å². The lowest BCUT2D eigenvalue weighted by Crippen LogP contribution is -1.95. The van der Waals surface area contributed by atoms with E-state index in [1.807, 2.05) is 48.5 Å². The molecule has 0 unspecified atom stereocenters. The molecule has 0 saturated heterocycles. The summed E-state index contributed by atoms with van der Waals surface area (Å²) in [6.07, 6.45) is 0. The van der Waals surface area contributed by atoms with Gasteiger partial charge in [0.05, 0.1) is 7.11 Å². The average molecular weight is 480 g/mol. The van der Waals surface area contributed by atoms with Crippen molar-refractivity contribution in [1.29, 1.82) is 0 Å². The highest BCUT2D eigenvalue weighted by atomic mass is 127. The molecule has 0 atom stereocenters. The minimum Gasteiger partial charge on any atom is -0.495 e. The Morgan fingerprint density at radius 3 is 2.07 bits per heavy atom. The third kappa shape index (κ3) is 3.54. The maximum atomic E-state index is 14.6. The Kier molecular flexibility index (Phi) is 5.44. The fourth-order valence-corrected chi connectivity index (χ4v) is 4.19. The molecule has 0 bridgehead atoms. The number of methoxy groups -OCH3 is 1. The molecule has 3 heteroatoms. The van der Waals surface area contributed by atoms with Gasteiger partial charge in [-0.05, 0) is 57.5 Å². The van der Waals surface area contributed by atoms with Crippen LogP contribution in [-0.2, 0) is 0 Å². The highest BCUT2D eigenvalue weighted by molar-refractivity contribution is 14.1. The van der Waals surface area contributed by atoms with E-state index in [-0.39, 0.29) is 5.82 Å². The predicted octanol–water partition coefficient (Wildman–Crippen LogP) is 7.44. The van der Waals surface area contributed by atoms with Crippen molar-refractivity contribution in [3.8, 4) is 39.1 Å². The lowest BCUT2D eigenvalue weighted by Gasteiger charge is -2.16. The highest BCUT2D eigenvalue weighted by Crippen LogP contribution is 2.42. The van der Waals surface area contributed by atoms with E-state index in [1.165, 1.54) is 6.07 Å². The second-order valence-corrected chi connectivity index (χ2v) is 7.59. The van der Waals surface area contributed by atoms with Crippen molar-refractivity contribution in [1.82, 2.24) is 0 Å². The molecule has 0 aromatic heterocycles. The van der Waals surface area contributed by atoms with Crippen molar-refractivity contribution in [2.24, 2.45) is 0 Å². The Morgan fingerprint density at radius 1 is 0.679 bits per heavy atom. The molecule has 0 radical (unpaired) electrons. The van der Waals surface area contributed by atoms with Crippen LogP contribution in [0.2, 0.25) is 0 Å². The summed E-state index contributed by atoms with van der Waals surface area (Å²) in [7, 11) is 1.64. The van der Waals surface area contributed by atoms with Crippen molar-refractivity contribution in [2.45, 2.75) is 0 Å². The first kappa shape index (κ1) is 18.7. The summed E-state index contributed by atoms with van der Waals surface area (Å²) in [6, 6.07) is 29.6. The molecular formula is C25H18FIO. The van der Waals surface area contributed by atoms with Gasteiger partial charge in [0.25, 0.3) is 0 Å². The maximum absolute atomic E-state index is 14.6. The standard InChI is InChI=1S/C25H18FIO/c1-28-25-20(12-6-13-21(25)24-22(26)14-7-15-23(24)27)19-11-5-10-18(16-19)17-8-3-2-4-9-17/h2-16H,1H3. The Morgan fingerprint density at radius 2 is 1.32 bits per heavy atom. The van der Waals surface area contributed by atoms with E-state index in [2.05, 4.69) is 52.9 Å². The number of ether oxygens (including phenoxy) is 1. The summed E-state index contributed by atoms with van der Waals surface area (Å²) < 4.78 is 21.2. The minimum absolute atomic E-state index is 0.250. The summed E-state index contributed by atoms with van der Waals surface area (Å²) in [6.45, 7) is 0. The van der Waals surface area contributed by atoms with E-state index in [9.17, 15) is 4.39 Å². The van der Waals surface area contributed by atoms with Crippen LogP contribution < -0.4 is 4.74 Å². The van der Waals surface area contributed by atoms with E-state index in [4.69, 9.17) is 4.74 Å². The minimum atomic E-state index is -0.250. The SMILES string of the molecule is COc1c(-c2cccc(-c3ccccc3)c2)cccc1-c1c(F)cccc1I. The number of hydrogen-bond acceptors (Lipinski definition) is 1. The normalized spacial score (nSPS) is 10.7. The van der Waals surface area contributed by atoms with Gasteiger partial charge >= 0.3 is 0 Å². The Labute approximate surface area is 178 Å². The van der Waals surface area contributed by atoms with Gasteiger partial charge in [-0.15, -0.1) is 0 Å². The number of para-hydroxylation sites is 1. The van der Waals surface area contributed by atoms with E-state index in [0.29, 0.717) is 11.3 Å². The van der Waals surface area contributed by atoms with Gasteiger partial charge in [0.2, 0.25) is 0 Å². The third-order valence-electron chi connectivity index (χ3n) is 4.73. The molecule has 28 heavy (non-hydrogen) atoms. The van der Waals surface area contributed by atoms with Crippen LogP contribution in [0.3, 0.4) is 0 Å². The van der Waals surface area contributed by atoms with Crippen LogP contribution in [-0.4, -0.2) is 7.11 Å². The topological polar surface area (TPSA) is 9.23 Å². The third-order valence-corrected chi connectivity index (χ3v) is 5.63. The molecule has 4 aromatic rings. The first-order chi connectivity index (χ1) is 13.7. The van der Waals surface area contributed by atoms with Crippen LogP contribution in [0.1, 0.15) is 0 Å². The van der Waals surface area contributed by atoms with Gasteiger partial charge in [0.1, 0.15) is 11.6 Å². The van der Waals surface area contributed by atoms with Gasteiger partial charge in [0, 0.05) is 20.3 Å². The fraction of sp³-hybridized carbons (Fsp3) is 0.0400. The van der Waals surface area contributed by atoms with Crippen LogP contribution >= 0.6 is 22.6 Å². The van der Waals surface area contributed by atoms with E-state index < -0.39 is 0 Å². The smallest absolute Gasteiger partial charge is 0.134 e. The second-order valence-electron chi connectivity index (χ2n) is 6.43. The zero-order chi connectivity index (χ0) is 19.5. The number of benzene rings is 4. The lowest BCUT2D eigenvalue weighted by atomic mass is 9.95. The summed E-state index contributed by atoms with van der Waals surface area (Å²) in [5.41, 5.74) is 5.59. The van der Waals surface area contributed by atoms with Crippen LogP contribution in [0.5, 0.6) is 5.75 Å². The quantitative estimate of drug-likeness (QED) is 0.276. The van der Waals surface area contributed by atoms with Gasteiger partial charge in [-0.3, -0.25) is 0 Å². The fourth-order valence-electron chi connectivity index (χ4n) is 3.43. The summed E-state index contributed by atoms with van der Waals surface area (Å²) in [5.74, 6) is 0.427. The summed E-state index contributed by atoms with van der Waals surface area (Å²) in [5, 5.41) is 0. The molecule has 0 saturated carbocycles. The molecule has 4 rings (SSSR count). The molecule has 4 aromatic carbocycles. The van der Waals surface area contributed by atoms with Crippen LogP contribution in [0, 0.1) is 9.39 Å². The Balaban J connectivity index is 1.89. The van der Waals surface area contributed by atoms with Gasteiger partial charge < -0.3 is 4.74 Å². The summed E-state index contributed by atoms with van der Waals surface area (Å²) >= 11 is 2.17. The molecular weight excluding hydrogens is 462 g/mol. The number of hydrogen-bond donors (Lipinski definition) is 0. The monoisotopic (exact) mass is 480 g/mol. The van der Waals surface area contributed by atoms with Gasteiger partial charge in [-0.2, -0.15) is 0 Å². The molecule has 0 heterocycles. The van der Waals surface area contributed by atoms with Crippen molar-refractivity contribution in [3.05, 3.63) is 100 Å². The molecule has 0 fully saturated rings.